The summed E-state index contributed by atoms with van der Waals surface area (Å²) in [5.41, 5.74) is 0.305. The summed E-state index contributed by atoms with van der Waals surface area (Å²) in [4.78, 5) is 37.1. The fourth-order valence-corrected chi connectivity index (χ4v) is 2.16. The number of benzene rings is 1. The number of anilines is 1. The van der Waals surface area contributed by atoms with Crippen LogP contribution in [-0.2, 0) is 9.59 Å². The summed E-state index contributed by atoms with van der Waals surface area (Å²) in [6, 6.07) is 4.74. The fraction of sp³-hybridized carbons (Fsp3) is 0.400. The van der Waals surface area contributed by atoms with Crippen molar-refractivity contribution in [3.8, 4) is 5.75 Å². The Hall–Kier alpha value is -2.37. The first kappa shape index (κ1) is 15.0. The standard InChI is InChI=1S/C15H18N2O4/c1-15(2,3)16-12(18)8-17-11-7-9(21-4)5-6-10(11)13(19)14(17)20/h5-7H,8H2,1-4H3,(H,16,18). The van der Waals surface area contributed by atoms with E-state index in [9.17, 15) is 14.4 Å². The molecule has 1 heterocycles. The highest BCUT2D eigenvalue weighted by atomic mass is 16.5. The quantitative estimate of drug-likeness (QED) is 0.847. The number of hydrogen-bond donors (Lipinski definition) is 1. The number of methoxy groups -OCH3 is 1. The lowest BCUT2D eigenvalue weighted by atomic mass is 10.1. The summed E-state index contributed by atoms with van der Waals surface area (Å²) in [6.45, 7) is 5.35. The van der Waals surface area contributed by atoms with E-state index in [1.165, 1.54) is 18.1 Å². The van der Waals surface area contributed by atoms with E-state index in [4.69, 9.17) is 4.74 Å². The topological polar surface area (TPSA) is 75.7 Å². The van der Waals surface area contributed by atoms with E-state index in [1.54, 1.807) is 12.1 Å². The number of amides is 2. The van der Waals surface area contributed by atoms with Crippen molar-refractivity contribution >= 4 is 23.3 Å². The van der Waals surface area contributed by atoms with Gasteiger partial charge in [-0.1, -0.05) is 0 Å². The van der Waals surface area contributed by atoms with Gasteiger partial charge >= 0.3 is 0 Å². The molecule has 112 valence electrons. The Morgan fingerprint density at radius 2 is 1.95 bits per heavy atom. The molecule has 0 saturated carbocycles. The molecule has 6 nitrogen and oxygen atoms in total. The fourth-order valence-electron chi connectivity index (χ4n) is 2.16. The van der Waals surface area contributed by atoms with Crippen molar-refractivity contribution in [3.63, 3.8) is 0 Å². The van der Waals surface area contributed by atoms with E-state index in [-0.39, 0.29) is 12.5 Å². The zero-order valence-corrected chi connectivity index (χ0v) is 12.5. The maximum absolute atomic E-state index is 12.0. The van der Waals surface area contributed by atoms with E-state index in [0.717, 1.165) is 0 Å². The van der Waals surface area contributed by atoms with E-state index in [1.807, 2.05) is 20.8 Å². The molecule has 1 aliphatic rings. The van der Waals surface area contributed by atoms with Crippen LogP contribution in [0.2, 0.25) is 0 Å². The lowest BCUT2D eigenvalue weighted by Crippen LogP contribution is -2.47. The molecule has 0 unspecified atom stereocenters. The van der Waals surface area contributed by atoms with Crippen molar-refractivity contribution in [1.82, 2.24) is 5.32 Å². The maximum Gasteiger partial charge on any atom is 0.299 e. The monoisotopic (exact) mass is 290 g/mol. The van der Waals surface area contributed by atoms with Crippen LogP contribution in [0.25, 0.3) is 0 Å². The molecule has 6 heteroatoms. The highest BCUT2D eigenvalue weighted by Gasteiger charge is 2.37. The number of nitrogens with one attached hydrogen (secondary N) is 1. The molecule has 0 bridgehead atoms. The van der Waals surface area contributed by atoms with Crippen molar-refractivity contribution in [1.29, 1.82) is 0 Å². The normalized spacial score (nSPS) is 14.2. The zero-order valence-electron chi connectivity index (χ0n) is 12.5. The zero-order chi connectivity index (χ0) is 15.8. The molecule has 1 N–H and O–H groups in total. The van der Waals surface area contributed by atoms with Crippen LogP contribution in [-0.4, -0.2) is 36.8 Å². The molecule has 0 spiro atoms. The highest BCUT2D eigenvalue weighted by molar-refractivity contribution is 6.52. The minimum atomic E-state index is -0.692. The van der Waals surface area contributed by atoms with Gasteiger partial charge in [-0.3, -0.25) is 19.3 Å². The van der Waals surface area contributed by atoms with Crippen LogP contribution in [0.5, 0.6) is 5.75 Å². The van der Waals surface area contributed by atoms with Gasteiger partial charge in [-0.15, -0.1) is 0 Å². The average molecular weight is 290 g/mol. The third-order valence-electron chi connectivity index (χ3n) is 3.00. The number of carbonyl (C=O) groups excluding carboxylic acids is 3. The maximum atomic E-state index is 12.0. The Kier molecular flexibility index (Phi) is 3.72. The van der Waals surface area contributed by atoms with Crippen molar-refractivity contribution in [3.05, 3.63) is 23.8 Å². The van der Waals surface area contributed by atoms with Gasteiger partial charge in [0.05, 0.1) is 18.4 Å². The molecule has 0 fully saturated rings. The molecule has 1 aromatic rings. The van der Waals surface area contributed by atoms with E-state index in [2.05, 4.69) is 5.32 Å². The molecule has 2 rings (SSSR count). The summed E-state index contributed by atoms with van der Waals surface area (Å²) in [5.74, 6) is -1.09. The van der Waals surface area contributed by atoms with Crippen LogP contribution in [0.1, 0.15) is 31.1 Å². The summed E-state index contributed by atoms with van der Waals surface area (Å²) in [5, 5.41) is 2.77. The Morgan fingerprint density at radius 1 is 1.29 bits per heavy atom. The SMILES string of the molecule is COc1ccc2c(c1)N(CC(=O)NC(C)(C)C)C(=O)C2=O. The van der Waals surface area contributed by atoms with Crippen LogP contribution in [0, 0.1) is 0 Å². The van der Waals surface area contributed by atoms with Crippen molar-refractivity contribution < 1.29 is 19.1 Å². The Labute approximate surface area is 123 Å². The first-order valence-corrected chi connectivity index (χ1v) is 6.58. The van der Waals surface area contributed by atoms with E-state index >= 15 is 0 Å². The molecule has 0 saturated heterocycles. The molecular weight excluding hydrogens is 272 g/mol. The van der Waals surface area contributed by atoms with Crippen LogP contribution < -0.4 is 15.0 Å². The first-order chi connectivity index (χ1) is 9.73. The summed E-state index contributed by atoms with van der Waals surface area (Å²) in [7, 11) is 1.50. The van der Waals surface area contributed by atoms with E-state index < -0.39 is 17.2 Å². The molecule has 0 atom stereocenters. The van der Waals surface area contributed by atoms with Gasteiger partial charge in [0.25, 0.3) is 11.7 Å². The summed E-state index contributed by atoms with van der Waals surface area (Å²) >= 11 is 0. The number of nitrogens with zero attached hydrogens (tertiary/aromatic N) is 1. The van der Waals surface area contributed by atoms with Crippen LogP contribution in [0.15, 0.2) is 18.2 Å². The minimum Gasteiger partial charge on any atom is -0.497 e. The van der Waals surface area contributed by atoms with Gasteiger partial charge in [-0.2, -0.15) is 0 Å². The van der Waals surface area contributed by atoms with Gasteiger partial charge in [-0.05, 0) is 32.9 Å². The molecular formula is C15H18N2O4. The number of carbonyl (C=O) groups is 3. The summed E-state index contributed by atoms with van der Waals surface area (Å²) < 4.78 is 5.09. The average Bonchev–Trinajstić information content (AvgIpc) is 2.61. The Bertz CT molecular complexity index is 617. The van der Waals surface area contributed by atoms with Crippen molar-refractivity contribution in [2.24, 2.45) is 0 Å². The van der Waals surface area contributed by atoms with Gasteiger partial charge in [0, 0.05) is 11.6 Å². The molecule has 21 heavy (non-hydrogen) atoms. The van der Waals surface area contributed by atoms with E-state index in [0.29, 0.717) is 17.0 Å². The van der Waals surface area contributed by atoms with Crippen LogP contribution in [0.3, 0.4) is 0 Å². The number of ketones is 1. The predicted octanol–water partition coefficient (Wildman–Crippen LogP) is 1.14. The number of ether oxygens (including phenoxy) is 1. The number of fused-ring (bicyclic) bond motifs is 1. The lowest BCUT2D eigenvalue weighted by Gasteiger charge is -2.23. The van der Waals surface area contributed by atoms with Gasteiger partial charge < -0.3 is 10.1 Å². The largest absolute Gasteiger partial charge is 0.497 e. The smallest absolute Gasteiger partial charge is 0.299 e. The number of Topliss-reactive ketones (excluding diaryl/α,β-unsaturated/α-hetero) is 1. The van der Waals surface area contributed by atoms with Gasteiger partial charge in [0.1, 0.15) is 12.3 Å². The van der Waals surface area contributed by atoms with Crippen LogP contribution in [0.4, 0.5) is 5.69 Å². The van der Waals surface area contributed by atoms with Gasteiger partial charge in [-0.25, -0.2) is 0 Å². The Balaban J connectivity index is 2.28. The number of hydrogen-bond acceptors (Lipinski definition) is 4. The molecule has 0 radical (unpaired) electrons. The predicted molar refractivity (Wildman–Crippen MR) is 77.6 cm³/mol. The lowest BCUT2D eigenvalue weighted by molar-refractivity contribution is -0.123. The molecule has 2 amide bonds. The first-order valence-electron chi connectivity index (χ1n) is 6.58. The van der Waals surface area contributed by atoms with Gasteiger partial charge in [0.2, 0.25) is 5.91 Å². The van der Waals surface area contributed by atoms with Gasteiger partial charge in [0.15, 0.2) is 0 Å². The summed E-state index contributed by atoms with van der Waals surface area (Å²) in [6.07, 6.45) is 0. The molecule has 0 aliphatic carbocycles. The third-order valence-corrected chi connectivity index (χ3v) is 3.00. The second-order valence-corrected chi connectivity index (χ2v) is 5.90. The third kappa shape index (κ3) is 3.04. The van der Waals surface area contributed by atoms with Crippen molar-refractivity contribution in [2.45, 2.75) is 26.3 Å². The van der Waals surface area contributed by atoms with Crippen molar-refractivity contribution in [2.75, 3.05) is 18.6 Å². The molecule has 1 aromatic carbocycles. The Morgan fingerprint density at radius 3 is 2.52 bits per heavy atom. The second-order valence-electron chi connectivity index (χ2n) is 5.90. The minimum absolute atomic E-state index is 0.192. The second kappa shape index (κ2) is 5.20. The van der Waals surface area contributed by atoms with Crippen LogP contribution >= 0.6 is 0 Å². The highest BCUT2D eigenvalue weighted by Crippen LogP contribution is 2.32. The molecule has 0 aromatic heterocycles. The number of rotatable bonds is 3. The molecule has 1 aliphatic heterocycles.